The molecule has 0 bridgehead atoms. The van der Waals surface area contributed by atoms with Crippen LogP contribution in [-0.4, -0.2) is 5.91 Å². The number of halogens is 3. The number of nitrogens with two attached hydrogens (primary N) is 1. The Balaban J connectivity index is 2.35. The van der Waals surface area contributed by atoms with Crippen molar-refractivity contribution in [1.82, 2.24) is 0 Å². The Hall–Kier alpha value is -1.23. The normalized spacial score (nSPS) is 10.4. The van der Waals surface area contributed by atoms with Gasteiger partial charge in [0.15, 0.2) is 0 Å². The number of hydrogen-bond acceptors (Lipinski definition) is 2. The summed E-state index contributed by atoms with van der Waals surface area (Å²) >= 11 is 15.4. The first-order valence-corrected chi connectivity index (χ1v) is 7.26. The lowest BCUT2D eigenvalue weighted by atomic mass is 10.1. The number of benzene rings is 2. The van der Waals surface area contributed by atoms with Crippen LogP contribution in [0.1, 0.15) is 15.9 Å². The highest BCUT2D eigenvalue weighted by Gasteiger charge is 2.15. The third-order valence-electron chi connectivity index (χ3n) is 2.77. The highest BCUT2D eigenvalue weighted by atomic mass is 79.9. The second-order valence-corrected chi connectivity index (χ2v) is 5.91. The van der Waals surface area contributed by atoms with Crippen LogP contribution >= 0.6 is 39.1 Å². The topological polar surface area (TPSA) is 55.1 Å². The Morgan fingerprint density at radius 3 is 2.60 bits per heavy atom. The monoisotopic (exact) mass is 372 g/mol. The van der Waals surface area contributed by atoms with Crippen molar-refractivity contribution in [3.05, 3.63) is 56.0 Å². The van der Waals surface area contributed by atoms with Crippen LogP contribution in [0.25, 0.3) is 0 Å². The first-order chi connectivity index (χ1) is 9.40. The Labute approximate surface area is 135 Å². The van der Waals surface area contributed by atoms with Crippen molar-refractivity contribution in [1.29, 1.82) is 0 Å². The molecular weight excluding hydrogens is 363 g/mol. The van der Waals surface area contributed by atoms with E-state index in [0.717, 1.165) is 10.0 Å². The van der Waals surface area contributed by atoms with E-state index in [-0.39, 0.29) is 11.5 Å². The zero-order valence-electron chi connectivity index (χ0n) is 10.5. The van der Waals surface area contributed by atoms with E-state index in [1.807, 2.05) is 13.0 Å². The van der Waals surface area contributed by atoms with Crippen LogP contribution in [-0.2, 0) is 0 Å². The Kier molecular flexibility index (Phi) is 4.58. The van der Waals surface area contributed by atoms with Gasteiger partial charge in [0, 0.05) is 15.2 Å². The predicted octanol–water partition coefficient (Wildman–Crippen LogP) is 4.90. The maximum absolute atomic E-state index is 12.3. The van der Waals surface area contributed by atoms with Crippen molar-refractivity contribution in [3.8, 4) is 0 Å². The van der Waals surface area contributed by atoms with Gasteiger partial charge < -0.3 is 11.1 Å². The van der Waals surface area contributed by atoms with Gasteiger partial charge in [0.05, 0.1) is 16.3 Å². The third-order valence-corrected chi connectivity index (χ3v) is 4.15. The number of amides is 1. The second kappa shape index (κ2) is 6.04. The minimum atomic E-state index is -0.381. The number of carbonyl (C=O) groups excluding carboxylic acids is 1. The fourth-order valence-corrected chi connectivity index (χ4v) is 2.70. The first kappa shape index (κ1) is 15.2. The van der Waals surface area contributed by atoms with Crippen LogP contribution in [0.15, 0.2) is 34.8 Å². The minimum Gasteiger partial charge on any atom is -0.398 e. The number of nitrogens with one attached hydrogen (secondary N) is 1. The number of aryl methyl sites for hydroxylation is 1. The van der Waals surface area contributed by atoms with Crippen LogP contribution < -0.4 is 11.1 Å². The van der Waals surface area contributed by atoms with Crippen molar-refractivity contribution >= 4 is 56.4 Å². The summed E-state index contributed by atoms with van der Waals surface area (Å²) in [6.07, 6.45) is 0. The number of carbonyl (C=O) groups is 1. The molecule has 0 aliphatic rings. The number of hydrogen-bond donors (Lipinski definition) is 2. The van der Waals surface area contributed by atoms with Gasteiger partial charge in [-0.2, -0.15) is 0 Å². The molecule has 0 unspecified atom stereocenters. The molecule has 2 rings (SSSR count). The molecule has 0 aromatic heterocycles. The summed E-state index contributed by atoms with van der Waals surface area (Å²) in [6.45, 7) is 1.88. The zero-order chi connectivity index (χ0) is 14.9. The van der Waals surface area contributed by atoms with Crippen LogP contribution in [0.5, 0.6) is 0 Å². The molecule has 3 N–H and O–H groups in total. The first-order valence-electron chi connectivity index (χ1n) is 5.71. The quantitative estimate of drug-likeness (QED) is 0.735. The van der Waals surface area contributed by atoms with Gasteiger partial charge in [0.2, 0.25) is 0 Å². The summed E-state index contributed by atoms with van der Waals surface area (Å²) in [5.74, 6) is -0.381. The van der Waals surface area contributed by atoms with E-state index in [2.05, 4.69) is 21.2 Å². The Morgan fingerprint density at radius 2 is 1.95 bits per heavy atom. The molecule has 0 atom stereocenters. The van der Waals surface area contributed by atoms with Crippen molar-refractivity contribution in [3.63, 3.8) is 0 Å². The zero-order valence-corrected chi connectivity index (χ0v) is 13.6. The fraction of sp³-hybridized carbons (Fsp3) is 0.0714. The molecule has 0 spiro atoms. The van der Waals surface area contributed by atoms with Crippen molar-refractivity contribution in [2.75, 3.05) is 11.1 Å². The molecular formula is C14H11BrCl2N2O. The number of anilines is 2. The maximum Gasteiger partial charge on any atom is 0.259 e. The van der Waals surface area contributed by atoms with Gasteiger partial charge in [-0.15, -0.1) is 0 Å². The number of nitrogen functional groups attached to an aromatic ring is 1. The standard InChI is InChI=1S/C14H11BrCl2N2O/c1-7-5-8(15)12(6-10(7)17)19-14(20)13-9(16)3-2-4-11(13)18/h2-6H,18H2,1H3,(H,19,20). The lowest BCUT2D eigenvalue weighted by molar-refractivity contribution is 0.102. The molecule has 2 aromatic carbocycles. The van der Waals surface area contributed by atoms with Gasteiger partial charge in [0.1, 0.15) is 0 Å². The Bertz CT molecular complexity index is 669. The molecule has 0 aliphatic heterocycles. The average Bonchev–Trinajstić information content (AvgIpc) is 2.35. The van der Waals surface area contributed by atoms with Gasteiger partial charge >= 0.3 is 0 Å². The molecule has 0 heterocycles. The van der Waals surface area contributed by atoms with Crippen LogP contribution in [0.2, 0.25) is 10.0 Å². The number of rotatable bonds is 2. The molecule has 0 radical (unpaired) electrons. The van der Waals surface area contributed by atoms with Gasteiger partial charge in [0.25, 0.3) is 5.91 Å². The second-order valence-electron chi connectivity index (χ2n) is 4.24. The van der Waals surface area contributed by atoms with E-state index in [1.54, 1.807) is 24.3 Å². The highest BCUT2D eigenvalue weighted by molar-refractivity contribution is 9.10. The molecule has 6 heteroatoms. The fourth-order valence-electron chi connectivity index (χ4n) is 1.71. The lowest BCUT2D eigenvalue weighted by Gasteiger charge is -2.11. The SMILES string of the molecule is Cc1cc(Br)c(NC(=O)c2c(N)cccc2Cl)cc1Cl. The van der Waals surface area contributed by atoms with Gasteiger partial charge in [-0.3, -0.25) is 4.79 Å². The molecule has 0 saturated carbocycles. The summed E-state index contributed by atoms with van der Waals surface area (Å²) in [5.41, 5.74) is 7.83. The van der Waals surface area contributed by atoms with E-state index in [0.29, 0.717) is 21.4 Å². The molecule has 0 fully saturated rings. The average molecular weight is 374 g/mol. The van der Waals surface area contributed by atoms with Gasteiger partial charge in [-0.1, -0.05) is 29.3 Å². The third kappa shape index (κ3) is 3.08. The van der Waals surface area contributed by atoms with E-state index in [9.17, 15) is 4.79 Å². The summed E-state index contributed by atoms with van der Waals surface area (Å²) in [5, 5.41) is 3.61. The van der Waals surface area contributed by atoms with Crippen LogP contribution in [0.3, 0.4) is 0 Å². The molecule has 0 saturated heterocycles. The van der Waals surface area contributed by atoms with Crippen molar-refractivity contribution in [2.45, 2.75) is 6.92 Å². The molecule has 20 heavy (non-hydrogen) atoms. The minimum absolute atomic E-state index is 0.248. The van der Waals surface area contributed by atoms with Gasteiger partial charge in [-0.25, -0.2) is 0 Å². The van der Waals surface area contributed by atoms with E-state index < -0.39 is 0 Å². The van der Waals surface area contributed by atoms with Crippen molar-refractivity contribution < 1.29 is 4.79 Å². The smallest absolute Gasteiger partial charge is 0.259 e. The van der Waals surface area contributed by atoms with Gasteiger partial charge in [-0.05, 0) is 52.7 Å². The van der Waals surface area contributed by atoms with E-state index in [4.69, 9.17) is 28.9 Å². The van der Waals surface area contributed by atoms with E-state index >= 15 is 0 Å². The lowest BCUT2D eigenvalue weighted by Crippen LogP contribution is -2.15. The van der Waals surface area contributed by atoms with Crippen molar-refractivity contribution in [2.24, 2.45) is 0 Å². The molecule has 1 amide bonds. The van der Waals surface area contributed by atoms with Crippen LogP contribution in [0.4, 0.5) is 11.4 Å². The molecule has 2 aromatic rings. The Morgan fingerprint density at radius 1 is 1.25 bits per heavy atom. The van der Waals surface area contributed by atoms with E-state index in [1.165, 1.54) is 0 Å². The predicted molar refractivity (Wildman–Crippen MR) is 87.7 cm³/mol. The molecule has 3 nitrogen and oxygen atoms in total. The summed E-state index contributed by atoms with van der Waals surface area (Å²) in [7, 11) is 0. The van der Waals surface area contributed by atoms with Crippen LogP contribution in [0, 0.1) is 6.92 Å². The molecule has 0 aliphatic carbocycles. The highest BCUT2D eigenvalue weighted by Crippen LogP contribution is 2.30. The largest absolute Gasteiger partial charge is 0.398 e. The summed E-state index contributed by atoms with van der Waals surface area (Å²) < 4.78 is 0.735. The summed E-state index contributed by atoms with van der Waals surface area (Å²) in [6, 6.07) is 8.43. The summed E-state index contributed by atoms with van der Waals surface area (Å²) in [4.78, 5) is 12.3. The maximum atomic E-state index is 12.3. The molecule has 104 valence electrons.